The molecule has 1 amide bonds. The van der Waals surface area contributed by atoms with Crippen LogP contribution in [-0.4, -0.2) is 48.7 Å². The number of amides is 1. The molecule has 0 bridgehead atoms. The van der Waals surface area contributed by atoms with Crippen molar-refractivity contribution >= 4 is 5.91 Å². The first-order valence-electron chi connectivity index (χ1n) is 6.43. The Hall–Kier alpha value is -0.610. The van der Waals surface area contributed by atoms with Gasteiger partial charge in [-0.1, -0.05) is 6.42 Å². The maximum absolute atomic E-state index is 11.2. The molecule has 1 fully saturated rings. The van der Waals surface area contributed by atoms with E-state index in [0.29, 0.717) is 12.8 Å². The molecule has 1 rings (SSSR count). The average Bonchev–Trinajstić information content (AvgIpc) is 2.33. The maximum Gasteiger partial charge on any atom is 0.220 e. The second kappa shape index (κ2) is 8.53. The third kappa shape index (κ3) is 6.08. The van der Waals surface area contributed by atoms with Gasteiger partial charge in [-0.15, -0.1) is 0 Å². The van der Waals surface area contributed by atoms with E-state index in [1.807, 2.05) is 0 Å². The lowest BCUT2D eigenvalue weighted by atomic mass is 10.1. The molecule has 1 aliphatic rings. The lowest BCUT2D eigenvalue weighted by Gasteiger charge is -2.26. The van der Waals surface area contributed by atoms with Gasteiger partial charge < -0.3 is 15.3 Å². The Morgan fingerprint density at radius 2 is 1.94 bits per heavy atom. The number of nitrogens with zero attached hydrogens (tertiary/aromatic N) is 1. The number of hydrogen-bond donors (Lipinski definition) is 2. The number of aliphatic hydroxyl groups is 1. The van der Waals surface area contributed by atoms with Crippen LogP contribution in [0.4, 0.5) is 0 Å². The van der Waals surface area contributed by atoms with Gasteiger partial charge >= 0.3 is 0 Å². The summed E-state index contributed by atoms with van der Waals surface area (Å²) >= 11 is 0. The van der Waals surface area contributed by atoms with Crippen LogP contribution in [0.1, 0.15) is 38.5 Å². The van der Waals surface area contributed by atoms with Crippen LogP contribution in [-0.2, 0) is 4.79 Å². The Morgan fingerprint density at radius 1 is 1.19 bits per heavy atom. The zero-order valence-corrected chi connectivity index (χ0v) is 10.1. The van der Waals surface area contributed by atoms with E-state index in [-0.39, 0.29) is 12.5 Å². The van der Waals surface area contributed by atoms with Gasteiger partial charge in [-0.25, -0.2) is 0 Å². The Bertz CT molecular complexity index is 191. The Morgan fingerprint density at radius 3 is 2.62 bits per heavy atom. The van der Waals surface area contributed by atoms with Crippen molar-refractivity contribution in [3.8, 4) is 0 Å². The van der Waals surface area contributed by atoms with Crippen LogP contribution in [0.2, 0.25) is 0 Å². The average molecular weight is 228 g/mol. The van der Waals surface area contributed by atoms with Crippen LogP contribution < -0.4 is 5.32 Å². The number of likely N-dealkylation sites (tertiary alicyclic amines) is 1. The summed E-state index contributed by atoms with van der Waals surface area (Å²) < 4.78 is 0. The van der Waals surface area contributed by atoms with E-state index in [4.69, 9.17) is 5.11 Å². The molecule has 1 aliphatic heterocycles. The first-order valence-corrected chi connectivity index (χ1v) is 6.43. The summed E-state index contributed by atoms with van der Waals surface area (Å²) in [5, 5.41) is 11.5. The molecule has 0 atom stereocenters. The van der Waals surface area contributed by atoms with E-state index in [0.717, 1.165) is 19.5 Å². The van der Waals surface area contributed by atoms with E-state index in [2.05, 4.69) is 10.2 Å². The molecule has 1 saturated heterocycles. The normalized spacial score (nSPS) is 17.3. The van der Waals surface area contributed by atoms with Gasteiger partial charge in [0.1, 0.15) is 0 Å². The summed E-state index contributed by atoms with van der Waals surface area (Å²) in [7, 11) is 0. The zero-order valence-electron chi connectivity index (χ0n) is 10.1. The topological polar surface area (TPSA) is 52.6 Å². The molecular formula is C12H24N2O2. The highest BCUT2D eigenvalue weighted by Gasteiger charge is 2.09. The van der Waals surface area contributed by atoms with E-state index in [9.17, 15) is 4.79 Å². The van der Waals surface area contributed by atoms with Gasteiger partial charge in [0.15, 0.2) is 0 Å². The zero-order chi connectivity index (χ0) is 11.6. The summed E-state index contributed by atoms with van der Waals surface area (Å²) in [6.45, 7) is 4.40. The van der Waals surface area contributed by atoms with E-state index in [1.54, 1.807) is 0 Å². The summed E-state index contributed by atoms with van der Waals surface area (Å²) in [6, 6.07) is 0. The fraction of sp³-hybridized carbons (Fsp3) is 0.917. The molecule has 0 radical (unpaired) electrons. The highest BCUT2D eigenvalue weighted by molar-refractivity contribution is 5.75. The molecule has 0 aromatic heterocycles. The number of aliphatic hydroxyl groups excluding tert-OH is 1. The van der Waals surface area contributed by atoms with Crippen molar-refractivity contribution in [1.29, 1.82) is 0 Å². The lowest BCUT2D eigenvalue weighted by Crippen LogP contribution is -2.33. The molecule has 94 valence electrons. The number of piperidine rings is 1. The van der Waals surface area contributed by atoms with Gasteiger partial charge in [-0.2, -0.15) is 0 Å². The summed E-state index contributed by atoms with van der Waals surface area (Å²) in [6.07, 6.45) is 6.06. The maximum atomic E-state index is 11.2. The van der Waals surface area contributed by atoms with Gasteiger partial charge in [0.25, 0.3) is 0 Å². The van der Waals surface area contributed by atoms with Crippen molar-refractivity contribution in [2.45, 2.75) is 38.5 Å². The number of carbonyl (C=O) groups excluding carboxylic acids is 1. The van der Waals surface area contributed by atoms with Crippen molar-refractivity contribution in [1.82, 2.24) is 10.2 Å². The molecular weight excluding hydrogens is 204 g/mol. The molecule has 16 heavy (non-hydrogen) atoms. The van der Waals surface area contributed by atoms with Gasteiger partial charge in [-0.05, 0) is 45.3 Å². The van der Waals surface area contributed by atoms with Crippen LogP contribution in [0.25, 0.3) is 0 Å². The largest absolute Gasteiger partial charge is 0.396 e. The Labute approximate surface area is 98.0 Å². The molecule has 2 N–H and O–H groups in total. The number of carbonyl (C=O) groups is 1. The molecule has 0 aromatic carbocycles. The van der Waals surface area contributed by atoms with Crippen molar-refractivity contribution < 1.29 is 9.90 Å². The van der Waals surface area contributed by atoms with Gasteiger partial charge in [-0.3, -0.25) is 4.79 Å². The van der Waals surface area contributed by atoms with Crippen LogP contribution in [0, 0.1) is 0 Å². The van der Waals surface area contributed by atoms with Crippen molar-refractivity contribution in [2.24, 2.45) is 0 Å². The van der Waals surface area contributed by atoms with Crippen LogP contribution >= 0.6 is 0 Å². The Kier molecular flexibility index (Phi) is 7.17. The second-order valence-corrected chi connectivity index (χ2v) is 4.43. The lowest BCUT2D eigenvalue weighted by molar-refractivity contribution is -0.121. The highest BCUT2D eigenvalue weighted by atomic mass is 16.3. The highest BCUT2D eigenvalue weighted by Crippen LogP contribution is 2.08. The predicted octanol–water partition coefficient (Wildman–Crippen LogP) is 0.751. The van der Waals surface area contributed by atoms with E-state index in [1.165, 1.54) is 32.4 Å². The van der Waals surface area contributed by atoms with E-state index >= 15 is 0 Å². The molecule has 4 nitrogen and oxygen atoms in total. The standard InChI is InChI=1S/C12H24N2O2/c15-11-4-6-12(16)13-7-5-10-14-8-2-1-3-9-14/h15H,1-11H2,(H,13,16). The van der Waals surface area contributed by atoms with E-state index < -0.39 is 0 Å². The number of rotatable bonds is 7. The SMILES string of the molecule is O=C(CCCO)NCCCN1CCCCC1. The molecule has 0 spiro atoms. The molecule has 0 unspecified atom stereocenters. The first kappa shape index (κ1) is 13.5. The number of nitrogens with one attached hydrogen (secondary N) is 1. The third-order valence-electron chi connectivity index (χ3n) is 2.98. The minimum absolute atomic E-state index is 0.0627. The van der Waals surface area contributed by atoms with Crippen molar-refractivity contribution in [3.63, 3.8) is 0 Å². The summed E-state index contributed by atoms with van der Waals surface area (Å²) in [5.74, 6) is 0.0627. The second-order valence-electron chi connectivity index (χ2n) is 4.43. The van der Waals surface area contributed by atoms with Crippen LogP contribution in [0.5, 0.6) is 0 Å². The minimum Gasteiger partial charge on any atom is -0.396 e. The van der Waals surface area contributed by atoms with Crippen molar-refractivity contribution in [2.75, 3.05) is 32.8 Å². The third-order valence-corrected chi connectivity index (χ3v) is 2.98. The fourth-order valence-corrected chi connectivity index (χ4v) is 2.04. The van der Waals surface area contributed by atoms with Crippen LogP contribution in [0.3, 0.4) is 0 Å². The predicted molar refractivity (Wildman–Crippen MR) is 64.2 cm³/mol. The Balaban J connectivity index is 1.92. The summed E-state index contributed by atoms with van der Waals surface area (Å²) in [5.41, 5.74) is 0. The van der Waals surface area contributed by atoms with Crippen molar-refractivity contribution in [3.05, 3.63) is 0 Å². The molecule has 0 aliphatic carbocycles. The van der Waals surface area contributed by atoms with Gasteiger partial charge in [0, 0.05) is 19.6 Å². The number of hydrogen-bond acceptors (Lipinski definition) is 3. The molecule has 4 heteroatoms. The smallest absolute Gasteiger partial charge is 0.220 e. The van der Waals surface area contributed by atoms with Crippen LogP contribution in [0.15, 0.2) is 0 Å². The monoisotopic (exact) mass is 228 g/mol. The van der Waals surface area contributed by atoms with Gasteiger partial charge in [0.05, 0.1) is 0 Å². The minimum atomic E-state index is 0.0627. The first-order chi connectivity index (χ1) is 7.83. The molecule has 1 heterocycles. The van der Waals surface area contributed by atoms with Gasteiger partial charge in [0.2, 0.25) is 5.91 Å². The summed E-state index contributed by atoms with van der Waals surface area (Å²) in [4.78, 5) is 13.7. The molecule has 0 saturated carbocycles. The molecule has 0 aromatic rings. The fourth-order valence-electron chi connectivity index (χ4n) is 2.04. The quantitative estimate of drug-likeness (QED) is 0.632.